The molecule has 0 saturated carbocycles. The van der Waals surface area contributed by atoms with E-state index in [2.05, 4.69) is 10.3 Å². The van der Waals surface area contributed by atoms with E-state index < -0.39 is 10.0 Å². The van der Waals surface area contributed by atoms with E-state index in [4.69, 9.17) is 16.3 Å². The van der Waals surface area contributed by atoms with Crippen molar-refractivity contribution in [3.05, 3.63) is 77.8 Å². The lowest BCUT2D eigenvalue weighted by molar-refractivity contribution is -0.121. The molecule has 1 amide bonds. The van der Waals surface area contributed by atoms with Gasteiger partial charge in [0.1, 0.15) is 5.75 Å². The summed E-state index contributed by atoms with van der Waals surface area (Å²) in [6.45, 7) is 0.864. The van der Waals surface area contributed by atoms with Crippen molar-refractivity contribution in [3.8, 4) is 5.75 Å². The van der Waals surface area contributed by atoms with E-state index in [1.54, 1.807) is 12.5 Å². The fourth-order valence-corrected chi connectivity index (χ4v) is 4.83. The van der Waals surface area contributed by atoms with Gasteiger partial charge in [-0.15, -0.1) is 0 Å². The number of halogens is 1. The van der Waals surface area contributed by atoms with E-state index in [9.17, 15) is 13.2 Å². The molecule has 0 bridgehead atoms. The van der Waals surface area contributed by atoms with Gasteiger partial charge in [-0.3, -0.25) is 4.79 Å². The van der Waals surface area contributed by atoms with E-state index in [0.717, 1.165) is 9.87 Å². The van der Waals surface area contributed by atoms with Crippen LogP contribution in [-0.4, -0.2) is 48.4 Å². The maximum atomic E-state index is 13.3. The number of methoxy groups -OCH3 is 1. The smallest absolute Gasteiger partial charge is 0.243 e. The van der Waals surface area contributed by atoms with Crippen molar-refractivity contribution in [2.45, 2.75) is 24.4 Å². The molecule has 3 aromatic rings. The van der Waals surface area contributed by atoms with Crippen LogP contribution < -0.4 is 10.1 Å². The minimum atomic E-state index is -3.99. The van der Waals surface area contributed by atoms with Crippen LogP contribution in [0.4, 0.5) is 0 Å². The van der Waals surface area contributed by atoms with Crippen LogP contribution in [0.1, 0.15) is 12.0 Å². The average Bonchev–Trinajstić information content (AvgIpc) is 3.30. The van der Waals surface area contributed by atoms with Gasteiger partial charge in [0, 0.05) is 32.0 Å². The van der Waals surface area contributed by atoms with Crippen molar-refractivity contribution in [2.75, 3.05) is 20.2 Å². The van der Waals surface area contributed by atoms with Crippen LogP contribution in [0.2, 0.25) is 5.02 Å². The van der Waals surface area contributed by atoms with Gasteiger partial charge in [0.25, 0.3) is 0 Å². The summed E-state index contributed by atoms with van der Waals surface area (Å²) in [6.07, 6.45) is 5.93. The largest absolute Gasteiger partial charge is 0.495 e. The third kappa shape index (κ3) is 6.32. The molecule has 0 aliphatic heterocycles. The van der Waals surface area contributed by atoms with Crippen molar-refractivity contribution < 1.29 is 17.9 Å². The maximum Gasteiger partial charge on any atom is 0.243 e. The highest BCUT2D eigenvalue weighted by Crippen LogP contribution is 2.28. The summed E-state index contributed by atoms with van der Waals surface area (Å²) in [5.41, 5.74) is 0.767. The normalized spacial score (nSPS) is 11.5. The molecular weight excluding hydrogens is 452 g/mol. The maximum absolute atomic E-state index is 13.3. The zero-order valence-electron chi connectivity index (χ0n) is 17.6. The number of ether oxygens (including phenoxy) is 1. The van der Waals surface area contributed by atoms with Crippen LogP contribution in [-0.2, 0) is 27.9 Å². The van der Waals surface area contributed by atoms with Gasteiger partial charge in [-0.05, 0) is 30.2 Å². The molecule has 0 atom stereocenters. The highest BCUT2D eigenvalue weighted by Gasteiger charge is 2.27. The minimum Gasteiger partial charge on any atom is -0.495 e. The third-order valence-corrected chi connectivity index (χ3v) is 6.84. The minimum absolute atomic E-state index is 0.00728. The van der Waals surface area contributed by atoms with Gasteiger partial charge in [0.05, 0.1) is 29.9 Å². The monoisotopic (exact) mass is 476 g/mol. The molecule has 1 N–H and O–H groups in total. The second-order valence-corrected chi connectivity index (χ2v) is 9.40. The number of rotatable bonds is 11. The van der Waals surface area contributed by atoms with E-state index in [0.29, 0.717) is 25.3 Å². The Bertz CT molecular complexity index is 1120. The molecule has 3 rings (SSSR count). The summed E-state index contributed by atoms with van der Waals surface area (Å²) in [4.78, 5) is 16.5. The molecule has 0 unspecified atom stereocenters. The van der Waals surface area contributed by atoms with Gasteiger partial charge in [-0.2, -0.15) is 4.31 Å². The SMILES string of the molecule is COc1ccc(S(=O)(=O)N(CC(=O)NCCCn2ccnc2)Cc2ccccc2)cc1Cl. The number of aromatic nitrogens is 2. The Morgan fingerprint density at radius 3 is 2.66 bits per heavy atom. The fraction of sp³-hybridized carbons (Fsp3) is 0.273. The van der Waals surface area contributed by atoms with E-state index >= 15 is 0 Å². The van der Waals surface area contributed by atoms with Crippen molar-refractivity contribution in [1.82, 2.24) is 19.2 Å². The number of hydrogen-bond acceptors (Lipinski definition) is 5. The molecule has 2 aromatic carbocycles. The molecule has 0 fully saturated rings. The highest BCUT2D eigenvalue weighted by molar-refractivity contribution is 7.89. The first-order chi connectivity index (χ1) is 15.4. The third-order valence-electron chi connectivity index (χ3n) is 4.76. The molecule has 1 heterocycles. The number of carbonyl (C=O) groups excluding carboxylic acids is 1. The molecule has 0 saturated heterocycles. The molecule has 0 aliphatic carbocycles. The average molecular weight is 477 g/mol. The zero-order chi connectivity index (χ0) is 23.0. The highest BCUT2D eigenvalue weighted by atomic mass is 35.5. The van der Waals surface area contributed by atoms with Crippen molar-refractivity contribution in [3.63, 3.8) is 0 Å². The van der Waals surface area contributed by atoms with Crippen LogP contribution in [0.15, 0.2) is 72.1 Å². The number of carbonyl (C=O) groups is 1. The topological polar surface area (TPSA) is 93.5 Å². The first-order valence-corrected chi connectivity index (χ1v) is 11.8. The molecular formula is C22H25ClN4O4S. The molecule has 1 aromatic heterocycles. The molecule has 8 nitrogen and oxygen atoms in total. The van der Waals surface area contributed by atoms with Gasteiger partial charge in [0.2, 0.25) is 15.9 Å². The second-order valence-electron chi connectivity index (χ2n) is 7.06. The Hall–Kier alpha value is -2.88. The summed E-state index contributed by atoms with van der Waals surface area (Å²) in [5, 5.41) is 2.97. The molecule has 10 heteroatoms. The van der Waals surface area contributed by atoms with Crippen LogP contribution in [0.25, 0.3) is 0 Å². The van der Waals surface area contributed by atoms with Crippen LogP contribution in [0, 0.1) is 0 Å². The number of sulfonamides is 1. The number of amides is 1. The van der Waals surface area contributed by atoms with Crippen molar-refractivity contribution in [2.24, 2.45) is 0 Å². The number of imidazole rings is 1. The van der Waals surface area contributed by atoms with Gasteiger partial charge in [-0.25, -0.2) is 13.4 Å². The number of aryl methyl sites for hydroxylation is 1. The molecule has 0 aliphatic rings. The Labute approximate surface area is 192 Å². The standard InChI is InChI=1S/C22H25ClN4O4S/c1-31-21-9-8-19(14-20(21)23)32(29,30)27(15-18-6-3-2-4-7-18)16-22(28)25-10-5-12-26-13-11-24-17-26/h2-4,6-9,11,13-14,17H,5,10,12,15-16H2,1H3,(H,25,28). The predicted molar refractivity (Wildman–Crippen MR) is 122 cm³/mol. The number of nitrogens with zero attached hydrogens (tertiary/aromatic N) is 3. The summed E-state index contributed by atoms with van der Waals surface area (Å²) in [6, 6.07) is 13.3. The zero-order valence-corrected chi connectivity index (χ0v) is 19.2. The number of benzene rings is 2. The summed E-state index contributed by atoms with van der Waals surface area (Å²) in [7, 11) is -2.54. The van der Waals surface area contributed by atoms with Crippen molar-refractivity contribution >= 4 is 27.5 Å². The first-order valence-electron chi connectivity index (χ1n) is 10.00. The second kappa shape index (κ2) is 11.1. The molecule has 0 radical (unpaired) electrons. The number of hydrogen-bond donors (Lipinski definition) is 1. The molecule has 32 heavy (non-hydrogen) atoms. The van der Waals surface area contributed by atoms with Crippen LogP contribution >= 0.6 is 11.6 Å². The van der Waals surface area contributed by atoms with Crippen LogP contribution in [0.5, 0.6) is 5.75 Å². The lowest BCUT2D eigenvalue weighted by atomic mass is 10.2. The van der Waals surface area contributed by atoms with Gasteiger partial charge < -0.3 is 14.6 Å². The fourth-order valence-electron chi connectivity index (χ4n) is 3.09. The van der Waals surface area contributed by atoms with Gasteiger partial charge in [-0.1, -0.05) is 41.9 Å². The van der Waals surface area contributed by atoms with E-state index in [1.807, 2.05) is 41.1 Å². The Kier molecular flexibility index (Phi) is 8.26. The number of nitrogens with one attached hydrogen (secondary N) is 1. The Morgan fingerprint density at radius 2 is 2.00 bits per heavy atom. The summed E-state index contributed by atoms with van der Waals surface area (Å²) >= 11 is 6.14. The lowest BCUT2D eigenvalue weighted by Crippen LogP contribution is -2.40. The van der Waals surface area contributed by atoms with Crippen molar-refractivity contribution in [1.29, 1.82) is 0 Å². The van der Waals surface area contributed by atoms with E-state index in [1.165, 1.54) is 25.3 Å². The summed E-state index contributed by atoms with van der Waals surface area (Å²) < 4.78 is 34.8. The quantitative estimate of drug-likeness (QED) is 0.429. The van der Waals surface area contributed by atoms with Gasteiger partial charge in [0.15, 0.2) is 0 Å². The molecule has 170 valence electrons. The molecule has 0 spiro atoms. The Morgan fingerprint density at radius 1 is 1.22 bits per heavy atom. The predicted octanol–water partition coefficient (Wildman–Crippen LogP) is 2.94. The van der Waals surface area contributed by atoms with Crippen LogP contribution in [0.3, 0.4) is 0 Å². The van der Waals surface area contributed by atoms with E-state index in [-0.39, 0.29) is 28.9 Å². The summed E-state index contributed by atoms with van der Waals surface area (Å²) in [5.74, 6) is -0.00870. The lowest BCUT2D eigenvalue weighted by Gasteiger charge is -2.22. The first kappa shape index (κ1) is 23.8. The van der Waals surface area contributed by atoms with Gasteiger partial charge >= 0.3 is 0 Å². The Balaban J connectivity index is 1.72.